The molecule has 0 unspecified atom stereocenters. The monoisotopic (exact) mass is 396 g/mol. The highest BCUT2D eigenvalue weighted by molar-refractivity contribution is 7.89. The lowest BCUT2D eigenvalue weighted by Crippen LogP contribution is -2.52. The van der Waals surface area contributed by atoms with E-state index < -0.39 is 10.0 Å². The molecule has 0 spiro atoms. The lowest BCUT2D eigenvalue weighted by molar-refractivity contribution is -0.139. The third-order valence-electron chi connectivity index (χ3n) is 5.27. The lowest BCUT2D eigenvalue weighted by atomic mass is 9.98. The highest BCUT2D eigenvalue weighted by Gasteiger charge is 2.33. The van der Waals surface area contributed by atoms with Crippen LogP contribution in [0.1, 0.15) is 12.8 Å². The Kier molecular flexibility index (Phi) is 5.25. The molecule has 0 bridgehead atoms. The zero-order valence-corrected chi connectivity index (χ0v) is 15.9. The molecule has 0 atom stereocenters. The average molecular weight is 396 g/mol. The van der Waals surface area contributed by atoms with Gasteiger partial charge in [0, 0.05) is 51.4 Å². The van der Waals surface area contributed by atoms with Crippen LogP contribution < -0.4 is 9.47 Å². The normalized spacial score (nSPS) is 21.9. The molecule has 1 amide bonds. The number of carbonyl (C=O) groups excluding carboxylic acids is 1. The highest BCUT2D eigenvalue weighted by Crippen LogP contribution is 2.33. The van der Waals surface area contributed by atoms with Crippen molar-refractivity contribution >= 4 is 15.9 Å². The van der Waals surface area contributed by atoms with Gasteiger partial charge in [-0.25, -0.2) is 8.42 Å². The number of amides is 1. The third kappa shape index (κ3) is 3.76. The molecule has 0 N–H and O–H groups in total. The fourth-order valence-corrected chi connectivity index (χ4v) is 5.12. The van der Waals surface area contributed by atoms with Crippen molar-refractivity contribution in [1.29, 1.82) is 0 Å². The predicted octanol–water partition coefficient (Wildman–Crippen LogP) is 0.717. The van der Waals surface area contributed by atoms with Crippen molar-refractivity contribution in [2.75, 3.05) is 52.6 Å². The van der Waals surface area contributed by atoms with E-state index in [1.807, 2.05) is 0 Å². The number of benzene rings is 1. The van der Waals surface area contributed by atoms with Crippen LogP contribution in [-0.4, -0.2) is 76.1 Å². The van der Waals surface area contributed by atoms with Crippen molar-refractivity contribution in [3.63, 3.8) is 0 Å². The van der Waals surface area contributed by atoms with Gasteiger partial charge in [-0.05, 0) is 25.0 Å². The van der Waals surface area contributed by atoms with Crippen molar-refractivity contribution in [2.45, 2.75) is 17.7 Å². The quantitative estimate of drug-likeness (QED) is 0.748. The first-order valence-electron chi connectivity index (χ1n) is 9.32. The van der Waals surface area contributed by atoms with E-state index in [2.05, 4.69) is 0 Å². The van der Waals surface area contributed by atoms with Crippen LogP contribution in [0, 0.1) is 5.92 Å². The molecule has 1 aromatic rings. The van der Waals surface area contributed by atoms with Crippen LogP contribution in [0.3, 0.4) is 0 Å². The fourth-order valence-electron chi connectivity index (χ4n) is 3.68. The number of rotatable bonds is 3. The molecule has 3 heterocycles. The van der Waals surface area contributed by atoms with Crippen LogP contribution >= 0.6 is 0 Å². The molecule has 4 rings (SSSR count). The molecule has 0 saturated carbocycles. The molecule has 1 aromatic carbocycles. The zero-order valence-electron chi connectivity index (χ0n) is 15.1. The van der Waals surface area contributed by atoms with Crippen molar-refractivity contribution in [3.8, 4) is 11.5 Å². The van der Waals surface area contributed by atoms with Crippen molar-refractivity contribution in [2.24, 2.45) is 5.92 Å². The second-order valence-corrected chi connectivity index (χ2v) is 8.86. The number of hydrogen-bond donors (Lipinski definition) is 0. The van der Waals surface area contributed by atoms with E-state index in [-0.39, 0.29) is 16.7 Å². The van der Waals surface area contributed by atoms with Gasteiger partial charge in [-0.2, -0.15) is 4.31 Å². The van der Waals surface area contributed by atoms with Crippen LogP contribution in [0.25, 0.3) is 0 Å². The summed E-state index contributed by atoms with van der Waals surface area (Å²) in [7, 11) is -3.63. The van der Waals surface area contributed by atoms with Gasteiger partial charge < -0.3 is 19.1 Å². The Morgan fingerprint density at radius 2 is 1.59 bits per heavy atom. The van der Waals surface area contributed by atoms with Gasteiger partial charge in [0.25, 0.3) is 0 Å². The molecule has 0 aromatic heterocycles. The first kappa shape index (κ1) is 18.5. The average Bonchev–Trinajstić information content (AvgIpc) is 2.73. The molecule has 9 heteroatoms. The maximum Gasteiger partial charge on any atom is 0.243 e. The SMILES string of the molecule is O=C(C1CCOCC1)N1CCN(S(=O)(=O)c2ccc3c(c2)OCCO3)CC1. The van der Waals surface area contributed by atoms with Crippen LogP contribution in [0.15, 0.2) is 23.1 Å². The Morgan fingerprint density at radius 1 is 0.926 bits per heavy atom. The van der Waals surface area contributed by atoms with Gasteiger partial charge in [0.2, 0.25) is 15.9 Å². The standard InChI is InChI=1S/C18H24N2O6S/c21-18(14-3-9-24-10-4-14)19-5-7-20(8-6-19)27(22,23)15-1-2-16-17(13-15)26-12-11-25-16/h1-2,13-14H,3-12H2. The third-order valence-corrected chi connectivity index (χ3v) is 7.17. The van der Waals surface area contributed by atoms with Gasteiger partial charge in [0.15, 0.2) is 11.5 Å². The summed E-state index contributed by atoms with van der Waals surface area (Å²) < 4.78 is 43.6. The van der Waals surface area contributed by atoms with E-state index in [4.69, 9.17) is 14.2 Å². The number of nitrogens with zero attached hydrogens (tertiary/aromatic N) is 2. The second kappa shape index (κ2) is 7.65. The summed E-state index contributed by atoms with van der Waals surface area (Å²) in [5, 5.41) is 0. The number of fused-ring (bicyclic) bond motifs is 1. The minimum absolute atomic E-state index is 0.000276. The lowest BCUT2D eigenvalue weighted by Gasteiger charge is -2.36. The Balaban J connectivity index is 1.41. The molecule has 0 aliphatic carbocycles. The van der Waals surface area contributed by atoms with Crippen LogP contribution in [-0.2, 0) is 19.6 Å². The van der Waals surface area contributed by atoms with Crippen molar-refractivity contribution in [3.05, 3.63) is 18.2 Å². The number of sulfonamides is 1. The minimum atomic E-state index is -3.63. The van der Waals surface area contributed by atoms with Crippen LogP contribution in [0.5, 0.6) is 11.5 Å². The van der Waals surface area contributed by atoms with Crippen molar-refractivity contribution < 1.29 is 27.4 Å². The van der Waals surface area contributed by atoms with Gasteiger partial charge >= 0.3 is 0 Å². The summed E-state index contributed by atoms with van der Waals surface area (Å²) in [4.78, 5) is 14.6. The van der Waals surface area contributed by atoms with Crippen molar-refractivity contribution in [1.82, 2.24) is 9.21 Å². The molecule has 2 saturated heterocycles. The summed E-state index contributed by atoms with van der Waals surface area (Å²) >= 11 is 0. The molecule has 27 heavy (non-hydrogen) atoms. The van der Waals surface area contributed by atoms with E-state index >= 15 is 0 Å². The molecule has 148 valence electrons. The molecule has 3 aliphatic heterocycles. The Hall–Kier alpha value is -1.84. The smallest absolute Gasteiger partial charge is 0.243 e. The van der Waals surface area contributed by atoms with Crippen LogP contribution in [0.4, 0.5) is 0 Å². The maximum absolute atomic E-state index is 13.0. The summed E-state index contributed by atoms with van der Waals surface area (Å²) in [6.07, 6.45) is 1.49. The number of carbonyl (C=O) groups is 1. The number of piperazine rings is 1. The summed E-state index contributed by atoms with van der Waals surface area (Å²) in [5.74, 6) is 1.14. The zero-order chi connectivity index (χ0) is 18.9. The largest absolute Gasteiger partial charge is 0.486 e. The Bertz CT molecular complexity index is 798. The van der Waals surface area contributed by atoms with E-state index in [9.17, 15) is 13.2 Å². The second-order valence-electron chi connectivity index (χ2n) is 6.92. The molecular weight excluding hydrogens is 372 g/mol. The number of ether oxygens (including phenoxy) is 3. The number of hydrogen-bond acceptors (Lipinski definition) is 6. The molecule has 8 nitrogen and oxygen atoms in total. The summed E-state index contributed by atoms with van der Waals surface area (Å²) in [6, 6.07) is 4.69. The maximum atomic E-state index is 13.0. The Morgan fingerprint density at radius 3 is 2.30 bits per heavy atom. The molecule has 0 radical (unpaired) electrons. The van der Waals surface area contributed by atoms with E-state index in [0.29, 0.717) is 64.1 Å². The fraction of sp³-hybridized carbons (Fsp3) is 0.611. The summed E-state index contributed by atoms with van der Waals surface area (Å²) in [5.41, 5.74) is 0. The molecule has 2 fully saturated rings. The Labute approximate surface area is 159 Å². The highest BCUT2D eigenvalue weighted by atomic mass is 32.2. The first-order valence-corrected chi connectivity index (χ1v) is 10.8. The van der Waals surface area contributed by atoms with Gasteiger partial charge in [-0.1, -0.05) is 0 Å². The predicted molar refractivity (Wildman–Crippen MR) is 96.3 cm³/mol. The van der Waals surface area contributed by atoms with E-state index in [0.717, 1.165) is 12.8 Å². The van der Waals surface area contributed by atoms with Gasteiger partial charge in [0.05, 0.1) is 4.90 Å². The van der Waals surface area contributed by atoms with Crippen LogP contribution in [0.2, 0.25) is 0 Å². The first-order chi connectivity index (χ1) is 13.1. The summed E-state index contributed by atoms with van der Waals surface area (Å²) in [6.45, 7) is 3.53. The van der Waals surface area contributed by atoms with E-state index in [1.165, 1.54) is 10.4 Å². The van der Waals surface area contributed by atoms with Gasteiger partial charge in [-0.3, -0.25) is 4.79 Å². The molecule has 3 aliphatic rings. The van der Waals surface area contributed by atoms with Gasteiger partial charge in [0.1, 0.15) is 13.2 Å². The van der Waals surface area contributed by atoms with E-state index in [1.54, 1.807) is 17.0 Å². The topological polar surface area (TPSA) is 85.4 Å². The van der Waals surface area contributed by atoms with Gasteiger partial charge in [-0.15, -0.1) is 0 Å². The minimum Gasteiger partial charge on any atom is -0.486 e. The molecular formula is C18H24N2O6S.